The van der Waals surface area contributed by atoms with Crippen LogP contribution in [0.15, 0.2) is 35.4 Å². The van der Waals surface area contributed by atoms with Crippen LogP contribution >= 0.6 is 11.9 Å². The monoisotopic (exact) mass is 317 g/mol. The Bertz CT molecular complexity index is 659. The summed E-state index contributed by atoms with van der Waals surface area (Å²) in [5, 5.41) is 5.80. The molecule has 0 atom stereocenters. The molecule has 1 N–H and O–H groups in total. The second kappa shape index (κ2) is 6.44. The average Bonchev–Trinajstić information content (AvgIpc) is 2.68. The van der Waals surface area contributed by atoms with E-state index in [9.17, 15) is 0 Å². The molecule has 0 radical (unpaired) electrons. The standard InChI is InChI=1S/C17H23N3OS/c1-17(2)12-18-9-5-11-20(17)22-15-7-4-6-14-13(15)8-10-19-16(14)21-3/h4,6-8,10,18H,5,9,11-12H2,1-3H3. The van der Waals surface area contributed by atoms with Crippen LogP contribution in [-0.2, 0) is 0 Å². The predicted octanol–water partition coefficient (Wildman–Crippen LogP) is 3.32. The zero-order valence-corrected chi connectivity index (χ0v) is 14.2. The van der Waals surface area contributed by atoms with Gasteiger partial charge in [-0.25, -0.2) is 9.29 Å². The Morgan fingerprint density at radius 2 is 2.14 bits per heavy atom. The summed E-state index contributed by atoms with van der Waals surface area (Å²) in [6, 6.07) is 8.41. The third-order valence-electron chi connectivity index (χ3n) is 4.08. The van der Waals surface area contributed by atoms with Crippen molar-refractivity contribution in [1.82, 2.24) is 14.6 Å². The number of fused-ring (bicyclic) bond motifs is 1. The lowest BCUT2D eigenvalue weighted by Gasteiger charge is -2.35. The molecule has 0 aliphatic carbocycles. The van der Waals surface area contributed by atoms with Crippen molar-refractivity contribution in [2.45, 2.75) is 30.7 Å². The second-order valence-electron chi connectivity index (χ2n) is 6.21. The highest BCUT2D eigenvalue weighted by molar-refractivity contribution is 7.97. The zero-order valence-electron chi connectivity index (χ0n) is 13.4. The van der Waals surface area contributed by atoms with E-state index in [-0.39, 0.29) is 5.54 Å². The minimum atomic E-state index is 0.125. The van der Waals surface area contributed by atoms with Crippen LogP contribution in [0.1, 0.15) is 20.3 Å². The molecule has 1 aliphatic rings. The maximum Gasteiger partial charge on any atom is 0.221 e. The summed E-state index contributed by atoms with van der Waals surface area (Å²) in [7, 11) is 1.67. The molecule has 22 heavy (non-hydrogen) atoms. The van der Waals surface area contributed by atoms with Gasteiger partial charge in [0.05, 0.1) is 7.11 Å². The van der Waals surface area contributed by atoms with Crippen LogP contribution in [0.5, 0.6) is 5.88 Å². The first-order valence-electron chi connectivity index (χ1n) is 7.70. The van der Waals surface area contributed by atoms with Gasteiger partial charge < -0.3 is 10.1 Å². The van der Waals surface area contributed by atoms with E-state index < -0.39 is 0 Å². The van der Waals surface area contributed by atoms with Crippen LogP contribution in [0.4, 0.5) is 0 Å². The molecule has 0 amide bonds. The summed E-state index contributed by atoms with van der Waals surface area (Å²) in [6.07, 6.45) is 2.99. The fourth-order valence-electron chi connectivity index (χ4n) is 2.81. The van der Waals surface area contributed by atoms with E-state index in [1.807, 2.05) is 18.1 Å². The van der Waals surface area contributed by atoms with Gasteiger partial charge in [-0.2, -0.15) is 0 Å². The maximum atomic E-state index is 5.39. The van der Waals surface area contributed by atoms with Crippen LogP contribution in [0.3, 0.4) is 0 Å². The molecular weight excluding hydrogens is 294 g/mol. The number of rotatable bonds is 3. The zero-order chi connectivity index (χ0) is 15.6. The van der Waals surface area contributed by atoms with Crippen LogP contribution < -0.4 is 10.1 Å². The molecule has 2 heterocycles. The summed E-state index contributed by atoms with van der Waals surface area (Å²) >= 11 is 1.84. The molecule has 1 saturated heterocycles. The van der Waals surface area contributed by atoms with E-state index in [1.54, 1.807) is 7.11 Å². The first-order chi connectivity index (χ1) is 10.6. The van der Waals surface area contributed by atoms with Crippen molar-refractivity contribution in [3.8, 4) is 5.88 Å². The third-order valence-corrected chi connectivity index (χ3v) is 5.53. The first kappa shape index (κ1) is 15.6. The fraction of sp³-hybridized carbons (Fsp3) is 0.471. The first-order valence-corrected chi connectivity index (χ1v) is 8.47. The average molecular weight is 317 g/mol. The van der Waals surface area contributed by atoms with Crippen molar-refractivity contribution in [2.24, 2.45) is 0 Å². The summed E-state index contributed by atoms with van der Waals surface area (Å²) in [5.74, 6) is 0.691. The summed E-state index contributed by atoms with van der Waals surface area (Å²) in [6.45, 7) is 7.78. The van der Waals surface area contributed by atoms with Crippen LogP contribution in [0.2, 0.25) is 0 Å². The van der Waals surface area contributed by atoms with E-state index in [1.165, 1.54) is 16.7 Å². The number of benzene rings is 1. The third kappa shape index (κ3) is 3.07. The number of hydrogen-bond donors (Lipinski definition) is 1. The molecule has 0 unspecified atom stereocenters. The smallest absolute Gasteiger partial charge is 0.221 e. The predicted molar refractivity (Wildman–Crippen MR) is 92.4 cm³/mol. The molecule has 4 nitrogen and oxygen atoms in total. The lowest BCUT2D eigenvalue weighted by Crippen LogP contribution is -2.44. The van der Waals surface area contributed by atoms with Crippen LogP contribution in [-0.4, -0.2) is 41.6 Å². The molecule has 1 aromatic heterocycles. The Morgan fingerprint density at radius 3 is 2.95 bits per heavy atom. The van der Waals surface area contributed by atoms with E-state index in [4.69, 9.17) is 4.74 Å². The SMILES string of the molecule is COc1nccc2c(SN3CCCNCC3(C)C)cccc12. The highest BCUT2D eigenvalue weighted by atomic mass is 32.2. The van der Waals surface area contributed by atoms with Gasteiger partial charge >= 0.3 is 0 Å². The van der Waals surface area contributed by atoms with Gasteiger partial charge in [-0.3, -0.25) is 0 Å². The van der Waals surface area contributed by atoms with Crippen molar-refractivity contribution < 1.29 is 4.74 Å². The Morgan fingerprint density at radius 1 is 1.27 bits per heavy atom. The molecule has 3 rings (SSSR count). The molecule has 0 bridgehead atoms. The molecule has 118 valence electrons. The van der Waals surface area contributed by atoms with E-state index in [2.05, 4.69) is 52.7 Å². The maximum absolute atomic E-state index is 5.39. The van der Waals surface area contributed by atoms with Crippen molar-refractivity contribution >= 4 is 22.7 Å². The summed E-state index contributed by atoms with van der Waals surface area (Å²) < 4.78 is 7.88. The highest BCUT2D eigenvalue weighted by Crippen LogP contribution is 2.36. The molecule has 1 aromatic carbocycles. The van der Waals surface area contributed by atoms with Gasteiger partial charge in [0, 0.05) is 40.5 Å². The van der Waals surface area contributed by atoms with Gasteiger partial charge in [0.2, 0.25) is 5.88 Å². The molecule has 0 spiro atoms. The Kier molecular flexibility index (Phi) is 4.57. The number of nitrogens with one attached hydrogen (secondary N) is 1. The fourth-order valence-corrected chi connectivity index (χ4v) is 4.00. The number of hydrogen-bond acceptors (Lipinski definition) is 5. The van der Waals surface area contributed by atoms with Crippen molar-refractivity contribution in [2.75, 3.05) is 26.7 Å². The topological polar surface area (TPSA) is 37.4 Å². The van der Waals surface area contributed by atoms with Crippen molar-refractivity contribution in [3.63, 3.8) is 0 Å². The van der Waals surface area contributed by atoms with Crippen LogP contribution in [0, 0.1) is 0 Å². The van der Waals surface area contributed by atoms with Gasteiger partial charge in [0.15, 0.2) is 0 Å². The van der Waals surface area contributed by atoms with E-state index in [0.29, 0.717) is 5.88 Å². The van der Waals surface area contributed by atoms with Crippen molar-refractivity contribution in [1.29, 1.82) is 0 Å². The second-order valence-corrected chi connectivity index (χ2v) is 7.27. The number of methoxy groups -OCH3 is 1. The number of aromatic nitrogens is 1. The number of pyridine rings is 1. The van der Waals surface area contributed by atoms with E-state index >= 15 is 0 Å². The van der Waals surface area contributed by atoms with Gasteiger partial charge in [-0.1, -0.05) is 6.07 Å². The minimum absolute atomic E-state index is 0.125. The van der Waals surface area contributed by atoms with Gasteiger partial charge in [0.1, 0.15) is 0 Å². The van der Waals surface area contributed by atoms with Gasteiger partial charge in [0.25, 0.3) is 0 Å². The quantitative estimate of drug-likeness (QED) is 0.879. The number of nitrogens with zero attached hydrogens (tertiary/aromatic N) is 2. The highest BCUT2D eigenvalue weighted by Gasteiger charge is 2.29. The minimum Gasteiger partial charge on any atom is -0.481 e. The normalized spacial score (nSPS) is 19.0. The summed E-state index contributed by atoms with van der Waals surface area (Å²) in [4.78, 5) is 5.56. The van der Waals surface area contributed by atoms with E-state index in [0.717, 1.165) is 25.0 Å². The van der Waals surface area contributed by atoms with Gasteiger partial charge in [-0.05, 0) is 57.0 Å². The Hall–Kier alpha value is -1.30. The molecule has 0 saturated carbocycles. The summed E-state index contributed by atoms with van der Waals surface area (Å²) in [5.41, 5.74) is 0.125. The molecule has 1 fully saturated rings. The molecule has 1 aliphatic heterocycles. The lowest BCUT2D eigenvalue weighted by atomic mass is 10.1. The van der Waals surface area contributed by atoms with Gasteiger partial charge in [-0.15, -0.1) is 0 Å². The Balaban J connectivity index is 1.96. The van der Waals surface area contributed by atoms with Crippen LogP contribution in [0.25, 0.3) is 10.8 Å². The largest absolute Gasteiger partial charge is 0.481 e. The Labute approximate surface area is 136 Å². The molecular formula is C17H23N3OS. The number of ether oxygens (including phenoxy) is 1. The van der Waals surface area contributed by atoms with Crippen molar-refractivity contribution in [3.05, 3.63) is 30.5 Å². The molecule has 2 aromatic rings. The lowest BCUT2D eigenvalue weighted by molar-refractivity contribution is 0.265. The molecule has 5 heteroatoms.